The second kappa shape index (κ2) is 4.11. The number of alkyl halides is 3. The van der Waals surface area contributed by atoms with E-state index in [1.807, 2.05) is 0 Å². The highest BCUT2D eigenvalue weighted by Crippen LogP contribution is 2.30. The third-order valence-corrected chi connectivity index (χ3v) is 1.88. The van der Waals surface area contributed by atoms with E-state index in [1.165, 1.54) is 14.1 Å². The molecule has 16 heavy (non-hydrogen) atoms. The van der Waals surface area contributed by atoms with E-state index in [4.69, 9.17) is 0 Å². The molecule has 1 rings (SSSR count). The van der Waals surface area contributed by atoms with Crippen LogP contribution >= 0.6 is 0 Å². The second-order valence-corrected chi connectivity index (χ2v) is 3.43. The van der Waals surface area contributed by atoms with Crippen LogP contribution in [-0.2, 0) is 6.18 Å². The van der Waals surface area contributed by atoms with Crippen LogP contribution in [0.15, 0.2) is 18.2 Å². The number of hydrogen-bond acceptors (Lipinski definition) is 1. The van der Waals surface area contributed by atoms with Gasteiger partial charge in [-0.05, 0) is 18.2 Å². The summed E-state index contributed by atoms with van der Waals surface area (Å²) in [7, 11) is 2.75. The van der Waals surface area contributed by atoms with E-state index in [2.05, 4.69) is 0 Å². The smallest absolute Gasteiger partial charge is 0.345 e. The van der Waals surface area contributed by atoms with Crippen LogP contribution in [0.2, 0.25) is 0 Å². The second-order valence-electron chi connectivity index (χ2n) is 3.43. The Morgan fingerprint density at radius 3 is 2.19 bits per heavy atom. The molecule has 0 unspecified atom stereocenters. The highest BCUT2D eigenvalue weighted by Gasteiger charge is 2.32. The molecule has 0 saturated heterocycles. The van der Waals surface area contributed by atoms with E-state index < -0.39 is 23.5 Å². The predicted octanol–water partition coefficient (Wildman–Crippen LogP) is 2.55. The van der Waals surface area contributed by atoms with Crippen molar-refractivity contribution in [3.05, 3.63) is 35.1 Å². The Hall–Kier alpha value is -1.59. The first-order valence-corrected chi connectivity index (χ1v) is 4.31. The fraction of sp³-hybridized carbons (Fsp3) is 0.300. The first kappa shape index (κ1) is 12.5. The molecule has 0 aromatic heterocycles. The van der Waals surface area contributed by atoms with E-state index in [-0.39, 0.29) is 5.56 Å². The molecule has 0 N–H and O–H groups in total. The van der Waals surface area contributed by atoms with Crippen LogP contribution in [0, 0.1) is 5.82 Å². The number of hydrogen-bond donors (Lipinski definition) is 0. The van der Waals surface area contributed by atoms with Gasteiger partial charge in [0.05, 0.1) is 5.56 Å². The minimum Gasteiger partial charge on any atom is -0.345 e. The fourth-order valence-electron chi connectivity index (χ4n) is 1.13. The third-order valence-electron chi connectivity index (χ3n) is 1.88. The van der Waals surface area contributed by atoms with Gasteiger partial charge in [-0.25, -0.2) is 4.39 Å². The van der Waals surface area contributed by atoms with Crippen molar-refractivity contribution in [1.29, 1.82) is 0 Å². The lowest BCUT2D eigenvalue weighted by Gasteiger charge is -2.12. The van der Waals surface area contributed by atoms with Crippen LogP contribution in [0.25, 0.3) is 0 Å². The van der Waals surface area contributed by atoms with Crippen LogP contribution in [0.5, 0.6) is 0 Å². The highest BCUT2D eigenvalue weighted by atomic mass is 19.4. The Balaban J connectivity index is 3.24. The first-order chi connectivity index (χ1) is 7.21. The Morgan fingerprint density at radius 1 is 1.19 bits per heavy atom. The Bertz CT molecular complexity index is 412. The monoisotopic (exact) mass is 235 g/mol. The molecule has 0 spiro atoms. The number of carbonyl (C=O) groups is 1. The van der Waals surface area contributed by atoms with E-state index >= 15 is 0 Å². The minimum absolute atomic E-state index is 0.322. The van der Waals surface area contributed by atoms with Crippen LogP contribution in [-0.4, -0.2) is 24.9 Å². The molecular formula is C10H9F4NO. The Morgan fingerprint density at radius 2 is 1.75 bits per heavy atom. The number of carbonyl (C=O) groups excluding carboxylic acids is 1. The molecule has 1 amide bonds. The van der Waals surface area contributed by atoms with Gasteiger partial charge in [0.25, 0.3) is 5.91 Å². The summed E-state index contributed by atoms with van der Waals surface area (Å²) < 4.78 is 49.9. The lowest BCUT2D eigenvalue weighted by molar-refractivity contribution is -0.137. The van der Waals surface area contributed by atoms with E-state index in [9.17, 15) is 22.4 Å². The van der Waals surface area contributed by atoms with Crippen molar-refractivity contribution in [2.75, 3.05) is 14.1 Å². The molecule has 0 aliphatic heterocycles. The van der Waals surface area contributed by atoms with E-state index in [1.54, 1.807) is 0 Å². The summed E-state index contributed by atoms with van der Waals surface area (Å²) in [5.74, 6) is -1.76. The maximum Gasteiger partial charge on any atom is 0.416 e. The summed E-state index contributed by atoms with van der Waals surface area (Å²) in [4.78, 5) is 12.4. The first-order valence-electron chi connectivity index (χ1n) is 4.31. The summed E-state index contributed by atoms with van der Waals surface area (Å²) >= 11 is 0. The Labute approximate surface area is 89.5 Å². The van der Waals surface area contributed by atoms with Gasteiger partial charge in [0, 0.05) is 19.7 Å². The zero-order valence-corrected chi connectivity index (χ0v) is 8.60. The highest BCUT2D eigenvalue weighted by molar-refractivity contribution is 5.94. The van der Waals surface area contributed by atoms with Gasteiger partial charge < -0.3 is 4.90 Å². The summed E-state index contributed by atoms with van der Waals surface area (Å²) in [6, 6.07) is 1.76. The van der Waals surface area contributed by atoms with Gasteiger partial charge in [-0.2, -0.15) is 13.2 Å². The zero-order chi connectivity index (χ0) is 12.5. The number of nitrogens with zero attached hydrogens (tertiary/aromatic N) is 1. The number of benzene rings is 1. The summed E-state index contributed by atoms with van der Waals surface area (Å²) in [5.41, 5.74) is -1.49. The zero-order valence-electron chi connectivity index (χ0n) is 8.60. The summed E-state index contributed by atoms with van der Waals surface area (Å²) in [5, 5.41) is 0. The van der Waals surface area contributed by atoms with Crippen molar-refractivity contribution >= 4 is 5.91 Å². The lowest BCUT2D eigenvalue weighted by Crippen LogP contribution is -2.22. The van der Waals surface area contributed by atoms with Crippen LogP contribution in [0.4, 0.5) is 17.6 Å². The molecule has 0 aliphatic carbocycles. The molecular weight excluding hydrogens is 226 g/mol. The van der Waals surface area contributed by atoms with Crippen molar-refractivity contribution in [2.24, 2.45) is 0 Å². The van der Waals surface area contributed by atoms with Gasteiger partial charge in [0.2, 0.25) is 0 Å². The van der Waals surface area contributed by atoms with Crippen molar-refractivity contribution in [2.45, 2.75) is 6.18 Å². The quantitative estimate of drug-likeness (QED) is 0.685. The van der Waals surface area contributed by atoms with Crippen molar-refractivity contribution < 1.29 is 22.4 Å². The number of halogens is 4. The van der Waals surface area contributed by atoms with Gasteiger partial charge in [0.15, 0.2) is 0 Å². The summed E-state index contributed by atoms with van der Waals surface area (Å²) in [6.07, 6.45) is -4.66. The summed E-state index contributed by atoms with van der Waals surface area (Å²) in [6.45, 7) is 0. The number of amides is 1. The van der Waals surface area contributed by atoms with Gasteiger partial charge in [-0.1, -0.05) is 0 Å². The molecule has 1 aromatic rings. The molecule has 0 radical (unpaired) electrons. The van der Waals surface area contributed by atoms with E-state index in [0.29, 0.717) is 12.1 Å². The molecule has 2 nitrogen and oxygen atoms in total. The molecule has 0 saturated carbocycles. The Kier molecular flexibility index (Phi) is 3.21. The largest absolute Gasteiger partial charge is 0.416 e. The van der Waals surface area contributed by atoms with Crippen molar-refractivity contribution in [3.63, 3.8) is 0 Å². The predicted molar refractivity (Wildman–Crippen MR) is 49.4 cm³/mol. The molecule has 88 valence electrons. The number of rotatable bonds is 1. The topological polar surface area (TPSA) is 20.3 Å². The normalized spacial score (nSPS) is 11.4. The van der Waals surface area contributed by atoms with E-state index in [0.717, 1.165) is 11.0 Å². The average Bonchev–Trinajstić information content (AvgIpc) is 2.14. The fourth-order valence-corrected chi connectivity index (χ4v) is 1.13. The van der Waals surface area contributed by atoms with Crippen LogP contribution < -0.4 is 0 Å². The standard InChI is InChI=1S/C10H9F4NO/c1-15(2)9(16)6-3-7(10(12,13)14)5-8(11)4-6/h3-5H,1-2H3. The molecule has 0 heterocycles. The molecule has 1 aromatic carbocycles. The van der Waals surface area contributed by atoms with Crippen molar-refractivity contribution in [3.8, 4) is 0 Å². The molecule has 0 fully saturated rings. The van der Waals surface area contributed by atoms with Gasteiger partial charge in [-0.15, -0.1) is 0 Å². The minimum atomic E-state index is -4.66. The van der Waals surface area contributed by atoms with Crippen molar-refractivity contribution in [1.82, 2.24) is 4.90 Å². The van der Waals surface area contributed by atoms with Gasteiger partial charge in [-0.3, -0.25) is 4.79 Å². The maximum atomic E-state index is 12.9. The van der Waals surface area contributed by atoms with Gasteiger partial charge >= 0.3 is 6.18 Å². The third kappa shape index (κ3) is 2.71. The van der Waals surface area contributed by atoms with Crippen LogP contribution in [0.1, 0.15) is 15.9 Å². The molecule has 0 atom stereocenters. The van der Waals surface area contributed by atoms with Gasteiger partial charge in [0.1, 0.15) is 5.82 Å². The molecule has 0 bridgehead atoms. The molecule has 6 heteroatoms. The molecule has 0 aliphatic rings. The maximum absolute atomic E-state index is 12.9. The average molecular weight is 235 g/mol. The van der Waals surface area contributed by atoms with Crippen LogP contribution in [0.3, 0.4) is 0 Å². The lowest BCUT2D eigenvalue weighted by atomic mass is 10.1. The SMILES string of the molecule is CN(C)C(=O)c1cc(F)cc(C(F)(F)F)c1.